The maximum atomic E-state index is 10.5. The Hall–Kier alpha value is -3.11. The number of hydrogen-bond acceptors (Lipinski definition) is 7. The average Bonchev–Trinajstić information content (AvgIpc) is 2.76. The number of pyridine rings is 1. The zero-order valence-electron chi connectivity index (χ0n) is 22.7. The van der Waals surface area contributed by atoms with Gasteiger partial charge >= 0.3 is 0 Å². The number of terminal acetylenes is 1. The fourth-order valence-corrected chi connectivity index (χ4v) is 4.28. The van der Waals surface area contributed by atoms with Crippen LogP contribution in [0.25, 0.3) is 11.4 Å². The standard InChI is InChI=1S/C24H35N5O2.C4H6/c1-15(2)14-29(8)17-11-19(30)22(25-13-17)18-9-10-21(27-26-18)31-20-12-23(4,5)28-24(6,7)16(20)3;1-3-4-2/h9-11,13-14,16,20,28,30H,12H2,1-8H3;1H,4H2,2H3/t16-,20-;/m0./s1. The number of nitrogens with zero attached hydrogens (tertiary/aromatic N) is 4. The zero-order valence-corrected chi connectivity index (χ0v) is 22.7. The topological polar surface area (TPSA) is 83.4 Å². The van der Waals surface area contributed by atoms with Crippen molar-refractivity contribution in [1.82, 2.24) is 20.5 Å². The molecule has 190 valence electrons. The Labute approximate surface area is 211 Å². The predicted octanol–water partition coefficient (Wildman–Crippen LogP) is 5.57. The quantitative estimate of drug-likeness (QED) is 0.543. The summed E-state index contributed by atoms with van der Waals surface area (Å²) in [6, 6.07) is 5.25. The van der Waals surface area contributed by atoms with Gasteiger partial charge in [0.2, 0.25) is 5.88 Å². The van der Waals surface area contributed by atoms with Crippen molar-refractivity contribution in [3.63, 3.8) is 0 Å². The Morgan fingerprint density at radius 3 is 2.46 bits per heavy atom. The molecule has 0 bridgehead atoms. The van der Waals surface area contributed by atoms with Crippen molar-refractivity contribution >= 4 is 5.69 Å². The number of anilines is 1. The van der Waals surface area contributed by atoms with Crippen LogP contribution in [0.5, 0.6) is 11.6 Å². The number of aromatic nitrogens is 3. The summed E-state index contributed by atoms with van der Waals surface area (Å²) < 4.78 is 6.24. The second kappa shape index (κ2) is 11.5. The molecule has 1 fully saturated rings. The third-order valence-electron chi connectivity index (χ3n) is 6.14. The number of aromatic hydroxyl groups is 1. The summed E-state index contributed by atoms with van der Waals surface area (Å²) in [5.74, 6) is 3.27. The fraction of sp³-hybridized carbons (Fsp3) is 0.536. The van der Waals surface area contributed by atoms with Crippen LogP contribution >= 0.6 is 0 Å². The monoisotopic (exact) mass is 479 g/mol. The lowest BCUT2D eigenvalue weighted by atomic mass is 9.73. The Morgan fingerprint density at radius 2 is 1.94 bits per heavy atom. The normalized spacial score (nSPS) is 20.0. The van der Waals surface area contributed by atoms with Gasteiger partial charge in [-0.25, -0.2) is 4.98 Å². The first kappa shape index (κ1) is 28.1. The SMILES string of the molecule is C#CCC.CC(C)=CN(C)c1cnc(-c2ccc(O[C@H]3CC(C)(C)NC(C)(C)[C@H]3C)nn2)c(O)c1. The maximum absolute atomic E-state index is 10.5. The number of piperidine rings is 1. The summed E-state index contributed by atoms with van der Waals surface area (Å²) in [6.07, 6.45) is 10.2. The van der Waals surface area contributed by atoms with Gasteiger partial charge in [0.15, 0.2) is 0 Å². The van der Waals surface area contributed by atoms with E-state index in [1.54, 1.807) is 24.4 Å². The van der Waals surface area contributed by atoms with E-state index < -0.39 is 0 Å². The van der Waals surface area contributed by atoms with Gasteiger partial charge in [-0.05, 0) is 47.6 Å². The highest BCUT2D eigenvalue weighted by atomic mass is 16.5. The van der Waals surface area contributed by atoms with Crippen molar-refractivity contribution in [1.29, 1.82) is 0 Å². The van der Waals surface area contributed by atoms with Gasteiger partial charge in [-0.15, -0.1) is 22.5 Å². The summed E-state index contributed by atoms with van der Waals surface area (Å²) in [6.45, 7) is 17.0. The maximum Gasteiger partial charge on any atom is 0.233 e. The molecule has 7 heteroatoms. The lowest BCUT2D eigenvalue weighted by Crippen LogP contribution is -2.64. The van der Waals surface area contributed by atoms with E-state index in [-0.39, 0.29) is 22.9 Å². The third-order valence-corrected chi connectivity index (χ3v) is 6.14. The van der Waals surface area contributed by atoms with Gasteiger partial charge in [-0.1, -0.05) is 19.4 Å². The summed E-state index contributed by atoms with van der Waals surface area (Å²) in [7, 11) is 1.92. The molecule has 1 aliphatic heterocycles. The van der Waals surface area contributed by atoms with Gasteiger partial charge in [0.05, 0.1) is 11.9 Å². The lowest BCUT2D eigenvalue weighted by Gasteiger charge is -2.50. The van der Waals surface area contributed by atoms with E-state index in [1.165, 1.54) is 0 Å². The molecule has 0 aromatic carbocycles. The van der Waals surface area contributed by atoms with Gasteiger partial charge in [-0.3, -0.25) is 0 Å². The minimum atomic E-state index is -0.0457. The van der Waals surface area contributed by atoms with Crippen molar-refractivity contribution in [3.8, 4) is 35.4 Å². The van der Waals surface area contributed by atoms with Gasteiger partial charge in [0.1, 0.15) is 23.2 Å². The molecule has 2 aromatic heterocycles. The van der Waals surface area contributed by atoms with E-state index in [1.807, 2.05) is 38.9 Å². The molecule has 2 N–H and O–H groups in total. The smallest absolute Gasteiger partial charge is 0.233 e. The summed E-state index contributed by atoms with van der Waals surface area (Å²) in [4.78, 5) is 6.31. The highest BCUT2D eigenvalue weighted by Gasteiger charge is 2.44. The highest BCUT2D eigenvalue weighted by Crippen LogP contribution is 2.36. The summed E-state index contributed by atoms with van der Waals surface area (Å²) in [5.41, 5.74) is 2.77. The van der Waals surface area contributed by atoms with E-state index >= 15 is 0 Å². The van der Waals surface area contributed by atoms with Crippen LogP contribution in [0.2, 0.25) is 0 Å². The van der Waals surface area contributed by atoms with Gasteiger partial charge in [0.25, 0.3) is 0 Å². The van der Waals surface area contributed by atoms with Crippen LogP contribution in [-0.2, 0) is 0 Å². The molecule has 0 aliphatic carbocycles. The Morgan fingerprint density at radius 1 is 1.29 bits per heavy atom. The summed E-state index contributed by atoms with van der Waals surface area (Å²) in [5, 5.41) is 22.7. The van der Waals surface area contributed by atoms with Crippen molar-refractivity contribution in [2.75, 3.05) is 11.9 Å². The van der Waals surface area contributed by atoms with Crippen molar-refractivity contribution in [2.45, 2.75) is 85.4 Å². The van der Waals surface area contributed by atoms with Crippen molar-refractivity contribution in [2.24, 2.45) is 5.92 Å². The first-order chi connectivity index (χ1) is 16.3. The third kappa shape index (κ3) is 7.69. The van der Waals surface area contributed by atoms with E-state index in [2.05, 4.69) is 61.0 Å². The molecule has 7 nitrogen and oxygen atoms in total. The molecular formula is C28H41N5O2. The molecule has 0 spiro atoms. The zero-order chi connectivity index (χ0) is 26.4. The largest absolute Gasteiger partial charge is 0.506 e. The molecular weight excluding hydrogens is 438 g/mol. The van der Waals surface area contributed by atoms with E-state index in [0.29, 0.717) is 23.2 Å². The second-order valence-electron chi connectivity index (χ2n) is 10.6. The second-order valence-corrected chi connectivity index (χ2v) is 10.6. The molecule has 0 unspecified atom stereocenters. The number of hydrogen-bond donors (Lipinski definition) is 2. The highest BCUT2D eigenvalue weighted by molar-refractivity contribution is 5.66. The van der Waals surface area contributed by atoms with E-state index in [9.17, 15) is 5.11 Å². The lowest BCUT2D eigenvalue weighted by molar-refractivity contribution is -0.000169. The predicted molar refractivity (Wildman–Crippen MR) is 143 cm³/mol. The van der Waals surface area contributed by atoms with Gasteiger partial charge < -0.3 is 20.1 Å². The van der Waals surface area contributed by atoms with Crippen LogP contribution in [0.15, 0.2) is 36.2 Å². The number of nitrogens with one attached hydrogen (secondary N) is 1. The van der Waals surface area contributed by atoms with Crippen LogP contribution in [-0.4, -0.2) is 44.5 Å². The fourth-order valence-electron chi connectivity index (χ4n) is 4.28. The molecule has 3 rings (SSSR count). The molecule has 0 amide bonds. The molecule has 1 saturated heterocycles. The Kier molecular flexibility index (Phi) is 9.28. The van der Waals surface area contributed by atoms with Crippen molar-refractivity contribution < 1.29 is 9.84 Å². The molecule has 0 radical (unpaired) electrons. The van der Waals surface area contributed by atoms with Crippen LogP contribution in [0.3, 0.4) is 0 Å². The molecule has 0 saturated carbocycles. The summed E-state index contributed by atoms with van der Waals surface area (Å²) >= 11 is 0. The minimum absolute atomic E-state index is 0.0236. The Bertz CT molecular complexity index is 1050. The average molecular weight is 480 g/mol. The van der Waals surface area contributed by atoms with Crippen LogP contribution in [0, 0.1) is 18.3 Å². The van der Waals surface area contributed by atoms with Crippen LogP contribution in [0.1, 0.15) is 68.2 Å². The first-order valence-corrected chi connectivity index (χ1v) is 12.1. The van der Waals surface area contributed by atoms with Gasteiger partial charge in [-0.2, -0.15) is 0 Å². The molecule has 3 heterocycles. The van der Waals surface area contributed by atoms with Crippen molar-refractivity contribution in [3.05, 3.63) is 36.2 Å². The minimum Gasteiger partial charge on any atom is -0.506 e. The molecule has 35 heavy (non-hydrogen) atoms. The van der Waals surface area contributed by atoms with Gasteiger partial charge in [0, 0.05) is 55.2 Å². The van der Waals surface area contributed by atoms with Crippen LogP contribution < -0.4 is 15.0 Å². The molecule has 1 aliphatic rings. The van der Waals surface area contributed by atoms with E-state index in [0.717, 1.165) is 24.1 Å². The number of rotatable bonds is 5. The number of ether oxygens (including phenoxy) is 1. The van der Waals surface area contributed by atoms with E-state index in [4.69, 9.17) is 11.2 Å². The first-order valence-electron chi connectivity index (χ1n) is 12.1. The number of allylic oxidation sites excluding steroid dienone is 1. The molecule has 2 aromatic rings. The molecule has 2 atom stereocenters. The van der Waals surface area contributed by atoms with Crippen LogP contribution in [0.4, 0.5) is 5.69 Å². The Balaban J connectivity index is 0.00000100.